The van der Waals surface area contributed by atoms with Crippen molar-refractivity contribution in [2.45, 2.75) is 49.0 Å². The van der Waals surface area contributed by atoms with Gasteiger partial charge in [-0.3, -0.25) is 4.90 Å². The van der Waals surface area contributed by atoms with Crippen molar-refractivity contribution in [3.63, 3.8) is 0 Å². The zero-order valence-electron chi connectivity index (χ0n) is 16.6. The standard InChI is InChI=1S/C22H28N2O4/c1-4-20-10-7-12-24-13-11-21(16(20)24)14-8-5-6-9-15(14)23(2)17(21)22(27,18(20)25)19(26)28-3/h5-10,16-18,25,27H,4,11-13H2,1-3H3. The minimum Gasteiger partial charge on any atom is -0.467 e. The third-order valence-corrected chi connectivity index (χ3v) is 8.07. The molecule has 0 bridgehead atoms. The molecule has 28 heavy (non-hydrogen) atoms. The number of benzene rings is 1. The van der Waals surface area contributed by atoms with Gasteiger partial charge in [0.15, 0.2) is 0 Å². The number of anilines is 1. The monoisotopic (exact) mass is 384 g/mol. The molecule has 6 heteroatoms. The van der Waals surface area contributed by atoms with Crippen molar-refractivity contribution >= 4 is 11.7 Å². The number of aliphatic hydroxyl groups excluding tert-OH is 1. The maximum Gasteiger partial charge on any atom is 0.342 e. The van der Waals surface area contributed by atoms with E-state index in [0.717, 1.165) is 30.8 Å². The van der Waals surface area contributed by atoms with Crippen LogP contribution in [0.5, 0.6) is 0 Å². The van der Waals surface area contributed by atoms with Crippen LogP contribution in [0, 0.1) is 5.41 Å². The van der Waals surface area contributed by atoms with Crippen LogP contribution in [-0.2, 0) is 14.9 Å². The number of esters is 1. The largest absolute Gasteiger partial charge is 0.467 e. The molecule has 6 atom stereocenters. The van der Waals surface area contributed by atoms with Crippen LogP contribution in [0.3, 0.4) is 0 Å². The quantitative estimate of drug-likeness (QED) is 0.587. The Bertz CT molecular complexity index is 872. The topological polar surface area (TPSA) is 73.2 Å². The second-order valence-electron chi connectivity index (χ2n) is 8.81. The molecular formula is C22H28N2O4. The van der Waals surface area contributed by atoms with Crippen molar-refractivity contribution < 1.29 is 19.7 Å². The van der Waals surface area contributed by atoms with Crippen molar-refractivity contribution in [2.75, 3.05) is 32.1 Å². The number of carbonyl (C=O) groups is 1. The van der Waals surface area contributed by atoms with Crippen molar-refractivity contribution in [1.82, 2.24) is 4.90 Å². The summed E-state index contributed by atoms with van der Waals surface area (Å²) in [6.45, 7) is 3.74. The molecule has 0 aromatic heterocycles. The van der Waals surface area contributed by atoms with Crippen LogP contribution in [0.25, 0.3) is 0 Å². The molecule has 0 radical (unpaired) electrons. The predicted molar refractivity (Wildman–Crippen MR) is 105 cm³/mol. The molecule has 6 unspecified atom stereocenters. The van der Waals surface area contributed by atoms with Gasteiger partial charge in [-0.15, -0.1) is 0 Å². The lowest BCUT2D eigenvalue weighted by Gasteiger charge is -2.63. The molecule has 2 N–H and O–H groups in total. The number of hydrogen-bond acceptors (Lipinski definition) is 6. The Morgan fingerprint density at radius 2 is 2.07 bits per heavy atom. The summed E-state index contributed by atoms with van der Waals surface area (Å²) in [5.74, 6) is -0.757. The number of likely N-dealkylation sites (N-methyl/N-ethyl adjacent to an activating group) is 1. The highest BCUT2D eigenvalue weighted by Gasteiger charge is 2.78. The summed E-state index contributed by atoms with van der Waals surface area (Å²) in [5.41, 5.74) is -1.00. The SMILES string of the molecule is CCC12C=CCN3CCC4(c5ccccc5N(C)C4C(O)(C(=O)OC)C1O)C32. The zero-order chi connectivity index (χ0) is 19.9. The predicted octanol–water partition coefficient (Wildman–Crippen LogP) is 1.06. The fourth-order valence-electron chi connectivity index (χ4n) is 7.19. The summed E-state index contributed by atoms with van der Waals surface area (Å²) in [6.07, 6.45) is 4.33. The lowest BCUT2D eigenvalue weighted by molar-refractivity contribution is -0.218. The van der Waals surface area contributed by atoms with Gasteiger partial charge >= 0.3 is 5.97 Å². The molecule has 1 saturated heterocycles. The highest BCUT2D eigenvalue weighted by molar-refractivity contribution is 5.86. The number of para-hydroxylation sites is 1. The molecule has 3 aliphatic heterocycles. The first-order chi connectivity index (χ1) is 13.4. The molecule has 1 spiro atoms. The lowest BCUT2D eigenvalue weighted by atomic mass is 9.48. The number of rotatable bonds is 2. The van der Waals surface area contributed by atoms with Gasteiger partial charge in [0.25, 0.3) is 0 Å². The molecule has 3 heterocycles. The molecule has 150 valence electrons. The van der Waals surface area contributed by atoms with Gasteiger partial charge in [-0.05, 0) is 31.0 Å². The lowest BCUT2D eigenvalue weighted by Crippen LogP contribution is -2.80. The summed E-state index contributed by atoms with van der Waals surface area (Å²) in [5, 5.41) is 23.6. The van der Waals surface area contributed by atoms with Crippen LogP contribution in [-0.4, -0.2) is 72.1 Å². The summed E-state index contributed by atoms with van der Waals surface area (Å²) in [6, 6.07) is 7.62. The highest BCUT2D eigenvalue weighted by atomic mass is 16.5. The van der Waals surface area contributed by atoms with Crippen molar-refractivity contribution in [1.29, 1.82) is 0 Å². The number of nitrogens with zero attached hydrogens (tertiary/aromatic N) is 2. The van der Waals surface area contributed by atoms with E-state index in [4.69, 9.17) is 4.74 Å². The zero-order valence-corrected chi connectivity index (χ0v) is 16.6. The van der Waals surface area contributed by atoms with Crippen molar-refractivity contribution in [3.8, 4) is 0 Å². The van der Waals surface area contributed by atoms with Gasteiger partial charge in [-0.1, -0.05) is 37.3 Å². The molecule has 4 aliphatic rings. The number of fused-ring (bicyclic) bond motifs is 1. The number of aliphatic hydroxyl groups is 2. The third-order valence-electron chi connectivity index (χ3n) is 8.07. The molecule has 0 amide bonds. The third kappa shape index (κ3) is 1.70. The van der Waals surface area contributed by atoms with E-state index in [1.807, 2.05) is 37.1 Å². The maximum absolute atomic E-state index is 13.0. The van der Waals surface area contributed by atoms with Gasteiger partial charge in [0, 0.05) is 36.2 Å². The fourth-order valence-corrected chi connectivity index (χ4v) is 7.19. The van der Waals surface area contributed by atoms with Crippen LogP contribution in [0.4, 0.5) is 5.69 Å². The summed E-state index contributed by atoms with van der Waals surface area (Å²) in [4.78, 5) is 17.5. The first kappa shape index (κ1) is 18.2. The summed E-state index contributed by atoms with van der Waals surface area (Å²) >= 11 is 0. The van der Waals surface area contributed by atoms with Gasteiger partial charge in [0.05, 0.1) is 13.2 Å². The average molecular weight is 384 g/mol. The molecule has 1 aliphatic carbocycles. The number of methoxy groups -OCH3 is 1. The first-order valence-corrected chi connectivity index (χ1v) is 10.1. The normalized spacial score (nSPS) is 43.5. The number of hydrogen-bond donors (Lipinski definition) is 2. The van der Waals surface area contributed by atoms with Crippen molar-refractivity contribution in [3.05, 3.63) is 42.0 Å². The molecule has 6 nitrogen and oxygen atoms in total. The Morgan fingerprint density at radius 3 is 2.79 bits per heavy atom. The van der Waals surface area contributed by atoms with E-state index < -0.39 is 34.5 Å². The molecule has 1 aromatic rings. The van der Waals surface area contributed by atoms with Crippen LogP contribution in [0.1, 0.15) is 25.3 Å². The van der Waals surface area contributed by atoms with E-state index in [2.05, 4.69) is 23.1 Å². The second-order valence-corrected chi connectivity index (χ2v) is 8.81. The Hall–Kier alpha value is -1.89. The van der Waals surface area contributed by atoms with E-state index in [9.17, 15) is 15.0 Å². The average Bonchev–Trinajstić information content (AvgIpc) is 3.24. The number of ether oxygens (including phenoxy) is 1. The molecular weight excluding hydrogens is 356 g/mol. The van der Waals surface area contributed by atoms with Gasteiger partial charge in [-0.2, -0.15) is 0 Å². The molecule has 5 rings (SSSR count). The maximum atomic E-state index is 13.0. The van der Waals surface area contributed by atoms with Gasteiger partial charge < -0.3 is 19.8 Å². The van der Waals surface area contributed by atoms with Crippen LogP contribution >= 0.6 is 0 Å². The Kier molecular flexibility index (Phi) is 3.62. The Morgan fingerprint density at radius 1 is 1.32 bits per heavy atom. The van der Waals surface area contributed by atoms with Crippen LogP contribution < -0.4 is 4.90 Å². The summed E-state index contributed by atoms with van der Waals surface area (Å²) < 4.78 is 5.08. The Labute approximate surface area is 165 Å². The molecule has 1 saturated carbocycles. The molecule has 1 aromatic carbocycles. The smallest absolute Gasteiger partial charge is 0.342 e. The van der Waals surface area contributed by atoms with Gasteiger partial charge in [0.1, 0.15) is 6.10 Å². The highest BCUT2D eigenvalue weighted by Crippen LogP contribution is 2.66. The van der Waals surface area contributed by atoms with E-state index >= 15 is 0 Å². The van der Waals surface area contributed by atoms with Gasteiger partial charge in [0.2, 0.25) is 5.60 Å². The minimum absolute atomic E-state index is 0.0195. The van der Waals surface area contributed by atoms with E-state index in [0.29, 0.717) is 6.42 Å². The first-order valence-electron chi connectivity index (χ1n) is 10.1. The van der Waals surface area contributed by atoms with E-state index in [1.54, 1.807) is 0 Å². The van der Waals surface area contributed by atoms with Crippen LogP contribution in [0.2, 0.25) is 0 Å². The van der Waals surface area contributed by atoms with Crippen molar-refractivity contribution in [2.24, 2.45) is 5.41 Å². The van der Waals surface area contributed by atoms with Gasteiger partial charge in [-0.25, -0.2) is 4.79 Å². The summed E-state index contributed by atoms with van der Waals surface area (Å²) in [7, 11) is 3.20. The second kappa shape index (κ2) is 5.59. The van der Waals surface area contributed by atoms with E-state index in [-0.39, 0.29) is 6.04 Å². The van der Waals surface area contributed by atoms with Crippen LogP contribution in [0.15, 0.2) is 36.4 Å². The molecule has 2 fully saturated rings. The fraction of sp³-hybridized carbons (Fsp3) is 0.591. The minimum atomic E-state index is -2.02. The number of carbonyl (C=O) groups excluding carboxylic acids is 1. The Balaban J connectivity index is 1.87. The van der Waals surface area contributed by atoms with E-state index in [1.165, 1.54) is 7.11 Å².